The Labute approximate surface area is 174 Å². The number of phenolic OH excluding ortho intramolecular Hbond substituents is 1. The van der Waals surface area contributed by atoms with Crippen molar-refractivity contribution in [1.29, 1.82) is 0 Å². The maximum Gasteiger partial charge on any atom is 0.248 e. The second-order valence-electron chi connectivity index (χ2n) is 8.28. The Kier molecular flexibility index (Phi) is 9.20. The van der Waals surface area contributed by atoms with Gasteiger partial charge in [-0.1, -0.05) is 19.3 Å². The minimum absolute atomic E-state index is 0.122. The number of nitrogens with zero attached hydrogens (tertiary/aromatic N) is 1. The van der Waals surface area contributed by atoms with Crippen LogP contribution in [0.4, 0.5) is 5.69 Å². The average Bonchev–Trinajstić information content (AvgIpc) is 2.71. The third-order valence-corrected chi connectivity index (χ3v) is 6.13. The van der Waals surface area contributed by atoms with E-state index in [4.69, 9.17) is 10.8 Å². The fourth-order valence-corrected chi connectivity index (χ4v) is 4.31. The van der Waals surface area contributed by atoms with Gasteiger partial charge in [0.05, 0.1) is 18.9 Å². The van der Waals surface area contributed by atoms with Crippen LogP contribution >= 0.6 is 0 Å². The maximum atomic E-state index is 11.3. The quantitative estimate of drug-likeness (QED) is 0.540. The monoisotopic (exact) mass is 407 g/mol. The average molecular weight is 408 g/mol. The molecule has 2 fully saturated rings. The molecular formula is C22H37N3O4. The highest BCUT2D eigenvalue weighted by Crippen LogP contribution is 2.35. The van der Waals surface area contributed by atoms with Crippen molar-refractivity contribution in [3.63, 3.8) is 0 Å². The molecule has 2 aliphatic rings. The number of carbonyl (C=O) groups is 1. The standard InChI is InChI=1S/C19H29N3O2.C3H8O2/c1-19(9-3-2-4-10-19)22-11-7-15(8-12-22)21-16-13-14(18(20)24)5-6-17(16)23;1-5-3-2-4/h5-6,13,15,21,23H,2-4,7-12H2,1H3,(H2,20,24);4H,2-3H2,1H3. The first-order valence-electron chi connectivity index (χ1n) is 10.6. The van der Waals surface area contributed by atoms with Crippen LogP contribution in [0.15, 0.2) is 18.2 Å². The lowest BCUT2D eigenvalue weighted by Crippen LogP contribution is -2.52. The number of methoxy groups -OCH3 is 1. The second kappa shape index (κ2) is 11.4. The van der Waals surface area contributed by atoms with Crippen molar-refractivity contribution in [3.8, 4) is 5.75 Å². The number of primary amides is 1. The summed E-state index contributed by atoms with van der Waals surface area (Å²) in [5, 5.41) is 21.4. The minimum Gasteiger partial charge on any atom is -0.506 e. The van der Waals surface area contributed by atoms with Gasteiger partial charge in [-0.15, -0.1) is 0 Å². The Morgan fingerprint density at radius 1 is 1.28 bits per heavy atom. The molecular weight excluding hydrogens is 370 g/mol. The molecule has 3 rings (SSSR count). The molecule has 1 aromatic rings. The Balaban J connectivity index is 0.000000537. The Hall–Kier alpha value is -1.83. The number of benzene rings is 1. The summed E-state index contributed by atoms with van der Waals surface area (Å²) in [6.07, 6.45) is 8.80. The van der Waals surface area contributed by atoms with Crippen molar-refractivity contribution in [3.05, 3.63) is 23.8 Å². The number of rotatable bonds is 6. The molecule has 1 heterocycles. The number of aromatic hydroxyl groups is 1. The van der Waals surface area contributed by atoms with E-state index in [0.29, 0.717) is 29.4 Å². The molecule has 0 aromatic heterocycles. The number of ether oxygens (including phenoxy) is 1. The molecule has 1 aliphatic heterocycles. The summed E-state index contributed by atoms with van der Waals surface area (Å²) < 4.78 is 4.44. The summed E-state index contributed by atoms with van der Waals surface area (Å²) in [5.74, 6) is -0.306. The lowest BCUT2D eigenvalue weighted by atomic mass is 9.80. The fourth-order valence-electron chi connectivity index (χ4n) is 4.31. The van der Waals surface area contributed by atoms with Crippen LogP contribution in [0.2, 0.25) is 0 Å². The molecule has 1 amide bonds. The highest BCUT2D eigenvalue weighted by molar-refractivity contribution is 5.94. The molecule has 1 aliphatic carbocycles. The number of aliphatic hydroxyl groups excluding tert-OH is 1. The van der Waals surface area contributed by atoms with E-state index in [-0.39, 0.29) is 12.4 Å². The van der Waals surface area contributed by atoms with E-state index in [1.54, 1.807) is 19.2 Å². The molecule has 7 heteroatoms. The molecule has 0 radical (unpaired) electrons. The van der Waals surface area contributed by atoms with Crippen LogP contribution in [0.25, 0.3) is 0 Å². The van der Waals surface area contributed by atoms with Crippen molar-refractivity contribution in [2.75, 3.05) is 38.7 Å². The van der Waals surface area contributed by atoms with E-state index in [1.807, 2.05) is 0 Å². The van der Waals surface area contributed by atoms with E-state index < -0.39 is 5.91 Å². The minimum atomic E-state index is -0.474. The lowest BCUT2D eigenvalue weighted by Gasteiger charge is -2.47. The van der Waals surface area contributed by atoms with Gasteiger partial charge in [-0.25, -0.2) is 0 Å². The number of carbonyl (C=O) groups excluding carboxylic acids is 1. The summed E-state index contributed by atoms with van der Waals surface area (Å²) in [7, 11) is 1.55. The van der Waals surface area contributed by atoms with Gasteiger partial charge in [-0.3, -0.25) is 9.69 Å². The van der Waals surface area contributed by atoms with Gasteiger partial charge in [0.2, 0.25) is 5.91 Å². The molecule has 0 bridgehead atoms. The van der Waals surface area contributed by atoms with Crippen LogP contribution < -0.4 is 11.1 Å². The number of phenols is 1. The Morgan fingerprint density at radius 3 is 2.45 bits per heavy atom. The number of piperidine rings is 1. The molecule has 164 valence electrons. The molecule has 0 unspecified atom stereocenters. The van der Waals surface area contributed by atoms with Crippen LogP contribution in [0.5, 0.6) is 5.75 Å². The zero-order valence-electron chi connectivity index (χ0n) is 17.8. The SMILES string of the molecule is CC1(N2CCC(Nc3cc(C(N)=O)ccc3O)CC2)CCCCC1.COCCO. The van der Waals surface area contributed by atoms with Gasteiger partial charge in [-0.05, 0) is 50.8 Å². The van der Waals surface area contributed by atoms with Crippen molar-refractivity contribution in [2.45, 2.75) is 63.5 Å². The predicted octanol–water partition coefficient (Wildman–Crippen LogP) is 2.72. The molecule has 29 heavy (non-hydrogen) atoms. The number of likely N-dealkylation sites (tertiary alicyclic amines) is 1. The first-order valence-corrected chi connectivity index (χ1v) is 10.6. The van der Waals surface area contributed by atoms with Crippen molar-refractivity contribution in [1.82, 2.24) is 4.90 Å². The maximum absolute atomic E-state index is 11.3. The second-order valence-corrected chi connectivity index (χ2v) is 8.28. The molecule has 7 nitrogen and oxygen atoms in total. The van der Waals surface area contributed by atoms with Crippen LogP contribution in [-0.2, 0) is 4.74 Å². The summed E-state index contributed by atoms with van der Waals surface area (Å²) >= 11 is 0. The van der Waals surface area contributed by atoms with Gasteiger partial charge in [-0.2, -0.15) is 0 Å². The zero-order valence-corrected chi connectivity index (χ0v) is 17.8. The third kappa shape index (κ3) is 6.87. The Morgan fingerprint density at radius 2 is 1.93 bits per heavy atom. The van der Waals surface area contributed by atoms with Gasteiger partial charge in [0, 0.05) is 37.3 Å². The number of hydrogen-bond donors (Lipinski definition) is 4. The number of hydrogen-bond acceptors (Lipinski definition) is 6. The van der Waals surface area contributed by atoms with Crippen molar-refractivity contribution >= 4 is 11.6 Å². The van der Waals surface area contributed by atoms with E-state index in [9.17, 15) is 9.90 Å². The molecule has 1 saturated heterocycles. The molecule has 0 spiro atoms. The fraction of sp³-hybridized carbons (Fsp3) is 0.682. The van der Waals surface area contributed by atoms with Crippen LogP contribution in [0, 0.1) is 0 Å². The number of amides is 1. The smallest absolute Gasteiger partial charge is 0.248 e. The topological polar surface area (TPSA) is 108 Å². The van der Waals surface area contributed by atoms with Crippen molar-refractivity contribution < 1.29 is 19.7 Å². The van der Waals surface area contributed by atoms with Crippen LogP contribution in [0.1, 0.15) is 62.2 Å². The number of anilines is 1. The van der Waals surface area contributed by atoms with Gasteiger partial charge < -0.3 is 26.0 Å². The summed E-state index contributed by atoms with van der Waals surface area (Å²) in [6.45, 7) is 5.16. The highest BCUT2D eigenvalue weighted by Gasteiger charge is 2.35. The Bertz CT molecular complexity index is 637. The summed E-state index contributed by atoms with van der Waals surface area (Å²) in [4.78, 5) is 14.0. The predicted molar refractivity (Wildman–Crippen MR) is 115 cm³/mol. The van der Waals surface area contributed by atoms with Gasteiger partial charge >= 0.3 is 0 Å². The number of aliphatic hydroxyl groups is 1. The van der Waals surface area contributed by atoms with E-state index in [2.05, 4.69) is 21.9 Å². The molecule has 1 aromatic carbocycles. The van der Waals surface area contributed by atoms with Crippen LogP contribution in [0.3, 0.4) is 0 Å². The summed E-state index contributed by atoms with van der Waals surface area (Å²) in [6, 6.07) is 5.05. The molecule has 5 N–H and O–H groups in total. The van der Waals surface area contributed by atoms with Crippen LogP contribution in [-0.4, -0.2) is 66.0 Å². The molecule has 1 saturated carbocycles. The summed E-state index contributed by atoms with van der Waals surface area (Å²) in [5.41, 5.74) is 6.72. The van der Waals surface area contributed by atoms with E-state index >= 15 is 0 Å². The van der Waals surface area contributed by atoms with E-state index in [0.717, 1.165) is 25.9 Å². The zero-order chi connectivity index (χ0) is 21.3. The largest absolute Gasteiger partial charge is 0.506 e. The van der Waals surface area contributed by atoms with Gasteiger partial charge in [0.1, 0.15) is 5.75 Å². The first-order chi connectivity index (χ1) is 13.9. The van der Waals surface area contributed by atoms with Gasteiger partial charge in [0.15, 0.2) is 0 Å². The molecule has 0 atom stereocenters. The van der Waals surface area contributed by atoms with Gasteiger partial charge in [0.25, 0.3) is 0 Å². The van der Waals surface area contributed by atoms with Crippen molar-refractivity contribution in [2.24, 2.45) is 5.73 Å². The lowest BCUT2D eigenvalue weighted by molar-refractivity contribution is 0.0457. The number of nitrogens with two attached hydrogens (primary N) is 1. The normalized spacial score (nSPS) is 19.8. The third-order valence-electron chi connectivity index (χ3n) is 6.13. The first kappa shape index (κ1) is 23.4. The highest BCUT2D eigenvalue weighted by atomic mass is 16.5. The number of nitrogens with one attached hydrogen (secondary N) is 1. The van der Waals surface area contributed by atoms with E-state index in [1.165, 1.54) is 38.2 Å².